The smallest absolute Gasteiger partial charge is 0.204 e. The summed E-state index contributed by atoms with van der Waals surface area (Å²) in [5.74, 6) is -7.56. The van der Waals surface area contributed by atoms with Gasteiger partial charge in [0.25, 0.3) is 0 Å². The van der Waals surface area contributed by atoms with Crippen LogP contribution >= 0.6 is 0 Å². The molecule has 10 nitrogen and oxygen atoms in total. The molecule has 0 fully saturated rings. The molecule has 0 radical (unpaired) electrons. The third-order valence-electron chi connectivity index (χ3n) is 5.35. The maximum atomic E-state index is 10.4. The summed E-state index contributed by atoms with van der Waals surface area (Å²) in [6.45, 7) is 0. The summed E-state index contributed by atoms with van der Waals surface area (Å²) in [4.78, 5) is 0. The molecule has 0 aliphatic rings. The number of hydrogen-bond acceptors (Lipinski definition) is 10. The van der Waals surface area contributed by atoms with Gasteiger partial charge in [0.2, 0.25) is 23.0 Å². The van der Waals surface area contributed by atoms with Crippen LogP contribution in [0.4, 0.5) is 0 Å². The molecule has 4 aromatic rings. The fourth-order valence-corrected chi connectivity index (χ4v) is 3.55. The lowest BCUT2D eigenvalue weighted by molar-refractivity contribution is 0.347. The molecule has 174 valence electrons. The van der Waals surface area contributed by atoms with Crippen molar-refractivity contribution in [3.63, 3.8) is 0 Å². The maximum absolute atomic E-state index is 10.4. The highest BCUT2D eigenvalue weighted by atomic mass is 16.3. The molecule has 0 heterocycles. The third-order valence-corrected chi connectivity index (χ3v) is 5.35. The van der Waals surface area contributed by atoms with Gasteiger partial charge in [0.1, 0.15) is 0 Å². The van der Waals surface area contributed by atoms with Crippen LogP contribution in [0.1, 0.15) is 0 Å². The predicted molar refractivity (Wildman–Crippen MR) is 119 cm³/mol. The maximum Gasteiger partial charge on any atom is 0.204 e. The van der Waals surface area contributed by atoms with Crippen molar-refractivity contribution in [3.8, 4) is 90.9 Å². The quantitative estimate of drug-likeness (QED) is 0.156. The zero-order valence-corrected chi connectivity index (χ0v) is 17.1. The first-order valence-corrected chi connectivity index (χ1v) is 9.62. The van der Waals surface area contributed by atoms with Crippen LogP contribution in [0.25, 0.3) is 33.4 Å². The number of rotatable bonds is 3. The van der Waals surface area contributed by atoms with Crippen LogP contribution in [0.2, 0.25) is 0 Å². The van der Waals surface area contributed by atoms with Gasteiger partial charge in [-0.15, -0.1) is 0 Å². The molecule has 0 saturated heterocycles. The molecule has 0 unspecified atom stereocenters. The fraction of sp³-hybridized carbons (Fsp3) is 0. The standard InChI is InChI=1S/C24H18O10/c25-15-3-1-12(18(28)21(15)31)9-5-10(13-2-4-16(26)22(32)19(13)29)7-11(6-9)14-8-17(27)23(33)24(34)20(14)30/h1-8,25-34H. The number of benzene rings is 4. The average Bonchev–Trinajstić information content (AvgIpc) is 2.81. The van der Waals surface area contributed by atoms with Gasteiger partial charge in [-0.05, 0) is 65.2 Å². The van der Waals surface area contributed by atoms with Crippen LogP contribution in [-0.2, 0) is 0 Å². The third kappa shape index (κ3) is 3.39. The molecule has 4 aromatic carbocycles. The van der Waals surface area contributed by atoms with Crippen molar-refractivity contribution in [1.82, 2.24) is 0 Å². The number of hydrogen-bond donors (Lipinski definition) is 10. The summed E-state index contributed by atoms with van der Waals surface area (Å²) < 4.78 is 0. The van der Waals surface area contributed by atoms with Crippen molar-refractivity contribution in [2.24, 2.45) is 0 Å². The van der Waals surface area contributed by atoms with Crippen molar-refractivity contribution >= 4 is 0 Å². The Morgan fingerprint density at radius 2 is 0.647 bits per heavy atom. The van der Waals surface area contributed by atoms with Crippen molar-refractivity contribution in [1.29, 1.82) is 0 Å². The second kappa shape index (κ2) is 7.78. The van der Waals surface area contributed by atoms with E-state index in [0.29, 0.717) is 0 Å². The SMILES string of the molecule is Oc1ccc(-c2cc(-c3ccc(O)c(O)c3O)cc(-c3cc(O)c(O)c(O)c3O)c2)c(O)c1O. The van der Waals surface area contributed by atoms with Crippen LogP contribution in [0, 0.1) is 0 Å². The van der Waals surface area contributed by atoms with E-state index in [1.807, 2.05) is 0 Å². The Kier molecular flexibility index (Phi) is 5.06. The Labute approximate surface area is 191 Å². The largest absolute Gasteiger partial charge is 0.504 e. The minimum atomic E-state index is -0.989. The average molecular weight is 466 g/mol. The van der Waals surface area contributed by atoms with Crippen LogP contribution in [-0.4, -0.2) is 51.1 Å². The van der Waals surface area contributed by atoms with Gasteiger partial charge in [-0.2, -0.15) is 0 Å². The Balaban J connectivity index is 2.07. The van der Waals surface area contributed by atoms with E-state index in [4.69, 9.17) is 0 Å². The van der Waals surface area contributed by atoms with Crippen molar-refractivity contribution < 1.29 is 51.1 Å². The molecule has 0 aliphatic carbocycles. The molecule has 0 bridgehead atoms. The molecule has 0 aromatic heterocycles. The first-order valence-electron chi connectivity index (χ1n) is 9.62. The summed E-state index contributed by atoms with van der Waals surface area (Å²) in [7, 11) is 0. The Bertz CT molecular complexity index is 1380. The second-order valence-electron chi connectivity index (χ2n) is 7.45. The Hall–Kier alpha value is -5.12. The van der Waals surface area contributed by atoms with E-state index in [1.165, 1.54) is 30.3 Å². The van der Waals surface area contributed by atoms with Crippen molar-refractivity contribution in [2.75, 3.05) is 0 Å². The van der Waals surface area contributed by atoms with Gasteiger partial charge in [0.05, 0.1) is 0 Å². The van der Waals surface area contributed by atoms with Crippen LogP contribution < -0.4 is 0 Å². The van der Waals surface area contributed by atoms with Gasteiger partial charge in [0, 0.05) is 16.7 Å². The minimum Gasteiger partial charge on any atom is -0.504 e. The van der Waals surface area contributed by atoms with Crippen molar-refractivity contribution in [3.05, 3.63) is 48.5 Å². The van der Waals surface area contributed by atoms with E-state index in [2.05, 4.69) is 0 Å². The highest BCUT2D eigenvalue weighted by Crippen LogP contribution is 2.51. The number of aromatic hydroxyl groups is 10. The van der Waals surface area contributed by atoms with E-state index in [-0.39, 0.29) is 33.4 Å². The van der Waals surface area contributed by atoms with Gasteiger partial charge in [-0.25, -0.2) is 0 Å². The van der Waals surface area contributed by atoms with E-state index < -0.39 is 57.5 Å². The molecule has 10 heteroatoms. The zero-order chi connectivity index (χ0) is 24.9. The van der Waals surface area contributed by atoms with E-state index in [1.54, 1.807) is 0 Å². The Morgan fingerprint density at radius 3 is 1.09 bits per heavy atom. The van der Waals surface area contributed by atoms with E-state index in [9.17, 15) is 51.1 Å². The zero-order valence-electron chi connectivity index (χ0n) is 17.1. The Morgan fingerprint density at radius 1 is 0.294 bits per heavy atom. The molecule has 0 saturated carbocycles. The van der Waals surface area contributed by atoms with Gasteiger partial charge in [-0.3, -0.25) is 0 Å². The van der Waals surface area contributed by atoms with Gasteiger partial charge in [0.15, 0.2) is 34.5 Å². The first kappa shape index (κ1) is 22.1. The van der Waals surface area contributed by atoms with Gasteiger partial charge >= 0.3 is 0 Å². The highest BCUT2D eigenvalue weighted by molar-refractivity contribution is 5.89. The lowest BCUT2D eigenvalue weighted by Crippen LogP contribution is -1.89. The molecular weight excluding hydrogens is 448 g/mol. The molecule has 0 spiro atoms. The summed E-state index contributed by atoms with van der Waals surface area (Å²) in [5.41, 5.74) is 0.355. The molecule has 0 aliphatic heterocycles. The van der Waals surface area contributed by atoms with Crippen molar-refractivity contribution in [2.45, 2.75) is 0 Å². The van der Waals surface area contributed by atoms with Gasteiger partial charge in [-0.1, -0.05) is 0 Å². The monoisotopic (exact) mass is 466 g/mol. The molecule has 34 heavy (non-hydrogen) atoms. The van der Waals surface area contributed by atoms with Crippen LogP contribution in [0.3, 0.4) is 0 Å². The number of phenolic OH excluding ortho intramolecular Hbond substituents is 10. The summed E-state index contributed by atoms with van der Waals surface area (Å²) in [6, 6.07) is 9.98. The fourth-order valence-electron chi connectivity index (χ4n) is 3.55. The molecule has 0 amide bonds. The normalized spacial score (nSPS) is 10.9. The molecular formula is C24H18O10. The van der Waals surface area contributed by atoms with Crippen LogP contribution in [0.15, 0.2) is 48.5 Å². The lowest BCUT2D eigenvalue weighted by atomic mass is 9.91. The molecule has 10 N–H and O–H groups in total. The lowest BCUT2D eigenvalue weighted by Gasteiger charge is -2.16. The summed E-state index contributed by atoms with van der Waals surface area (Å²) in [6.07, 6.45) is 0. The molecule has 0 atom stereocenters. The molecule has 4 rings (SSSR count). The summed E-state index contributed by atoms with van der Waals surface area (Å²) in [5, 5.41) is 99.9. The van der Waals surface area contributed by atoms with Gasteiger partial charge < -0.3 is 51.1 Å². The predicted octanol–water partition coefficient (Wildman–Crippen LogP) is 3.74. The highest BCUT2D eigenvalue weighted by Gasteiger charge is 2.21. The number of phenols is 10. The summed E-state index contributed by atoms with van der Waals surface area (Å²) >= 11 is 0. The second-order valence-corrected chi connectivity index (χ2v) is 7.45. The van der Waals surface area contributed by atoms with E-state index >= 15 is 0 Å². The topological polar surface area (TPSA) is 202 Å². The minimum absolute atomic E-state index is 0.0209. The van der Waals surface area contributed by atoms with Crippen LogP contribution in [0.5, 0.6) is 57.5 Å². The van der Waals surface area contributed by atoms with E-state index in [0.717, 1.165) is 18.2 Å². The first-order chi connectivity index (χ1) is 16.0.